The molecule has 9 heteroatoms. The quantitative estimate of drug-likeness (QED) is 0.308. The Morgan fingerprint density at radius 2 is 1.79 bits per heavy atom. The van der Waals surface area contributed by atoms with E-state index in [2.05, 4.69) is 4.99 Å². The van der Waals surface area contributed by atoms with Gasteiger partial charge in [-0.25, -0.2) is 9.79 Å². The molecule has 0 saturated heterocycles. The number of ether oxygens (including phenoxy) is 2. The maximum absolute atomic E-state index is 13.5. The van der Waals surface area contributed by atoms with Gasteiger partial charge in [0.25, 0.3) is 5.56 Å². The van der Waals surface area contributed by atoms with E-state index in [0.29, 0.717) is 26.4 Å². The summed E-state index contributed by atoms with van der Waals surface area (Å²) in [6.07, 6.45) is 3.74. The largest absolute Gasteiger partial charge is 0.466 e. The molecule has 2 heterocycles. The molecule has 1 aromatic heterocycles. The zero-order valence-corrected chi connectivity index (χ0v) is 20.7. The zero-order chi connectivity index (χ0) is 24.4. The first-order valence-electron chi connectivity index (χ1n) is 10.4. The lowest BCUT2D eigenvalue weighted by atomic mass is 9.96. The van der Waals surface area contributed by atoms with Crippen molar-refractivity contribution in [2.75, 3.05) is 13.4 Å². The molecule has 1 unspecified atom stereocenters. The summed E-state index contributed by atoms with van der Waals surface area (Å²) in [5.74, 6) is -0.489. The highest BCUT2D eigenvalue weighted by atomic mass is 32.2. The van der Waals surface area contributed by atoms with Crippen molar-refractivity contribution in [3.63, 3.8) is 0 Å². The average Bonchev–Trinajstić information content (AvgIpc) is 3.13. The van der Waals surface area contributed by atoms with Gasteiger partial charge in [-0.15, -0.1) is 11.8 Å². The molecule has 0 bridgehead atoms. The fraction of sp³-hybridized carbons (Fsp3) is 0.200. The van der Waals surface area contributed by atoms with Crippen molar-refractivity contribution in [1.29, 1.82) is 0 Å². The van der Waals surface area contributed by atoms with Crippen molar-refractivity contribution in [2.24, 2.45) is 4.99 Å². The Morgan fingerprint density at radius 1 is 1.12 bits per heavy atom. The summed E-state index contributed by atoms with van der Waals surface area (Å²) >= 11 is 2.87. The van der Waals surface area contributed by atoms with Gasteiger partial charge < -0.3 is 9.47 Å². The lowest BCUT2D eigenvalue weighted by molar-refractivity contribution is -0.136. The zero-order valence-electron chi connectivity index (χ0n) is 19.0. The van der Waals surface area contributed by atoms with Crippen molar-refractivity contribution in [2.45, 2.75) is 24.8 Å². The number of carbonyl (C=O) groups excluding carboxylic acids is 2. The Morgan fingerprint density at radius 3 is 2.38 bits per heavy atom. The Kier molecular flexibility index (Phi) is 6.85. The lowest BCUT2D eigenvalue weighted by Gasteiger charge is -2.24. The molecule has 0 spiro atoms. The van der Waals surface area contributed by atoms with E-state index in [1.165, 1.54) is 25.4 Å². The van der Waals surface area contributed by atoms with Crippen molar-refractivity contribution >= 4 is 41.1 Å². The van der Waals surface area contributed by atoms with Crippen LogP contribution in [0.4, 0.5) is 0 Å². The van der Waals surface area contributed by atoms with Crippen molar-refractivity contribution in [1.82, 2.24) is 4.57 Å². The smallest absolute Gasteiger partial charge is 0.338 e. The number of benzene rings is 2. The molecule has 4 rings (SSSR count). The van der Waals surface area contributed by atoms with E-state index in [-0.39, 0.29) is 5.56 Å². The van der Waals surface area contributed by atoms with Crippen LogP contribution in [0.5, 0.6) is 5.75 Å². The van der Waals surface area contributed by atoms with Crippen LogP contribution in [-0.4, -0.2) is 29.9 Å². The number of hydrogen-bond donors (Lipinski definition) is 0. The molecule has 1 aliphatic rings. The molecule has 0 radical (unpaired) electrons. The van der Waals surface area contributed by atoms with E-state index in [4.69, 9.17) is 9.47 Å². The number of carbonyl (C=O) groups is 2. The highest BCUT2D eigenvalue weighted by Gasteiger charge is 2.33. The summed E-state index contributed by atoms with van der Waals surface area (Å²) < 4.78 is 12.1. The minimum atomic E-state index is -0.645. The predicted octanol–water partition coefficient (Wildman–Crippen LogP) is 3.06. The van der Waals surface area contributed by atoms with Crippen molar-refractivity contribution < 1.29 is 19.1 Å². The number of thiazole rings is 1. The molecule has 3 aromatic rings. The maximum Gasteiger partial charge on any atom is 0.338 e. The summed E-state index contributed by atoms with van der Waals surface area (Å²) in [6, 6.07) is 14.0. The number of esters is 2. The van der Waals surface area contributed by atoms with Gasteiger partial charge in [0.15, 0.2) is 4.80 Å². The third-order valence-corrected chi connectivity index (χ3v) is 7.02. The SMILES string of the molecule is COC(=O)C1=C(C)N=c2s/c(=C/c3ccc(OC(C)=O)cc3)c(=O)n2C1c1ccc(SC)cc1. The molecular weight excluding hydrogens is 472 g/mol. The van der Waals surface area contributed by atoms with Gasteiger partial charge in [0.2, 0.25) is 0 Å². The third kappa shape index (κ3) is 4.62. The third-order valence-electron chi connectivity index (χ3n) is 5.30. The Labute approximate surface area is 204 Å². The molecule has 0 saturated carbocycles. The molecule has 7 nitrogen and oxygen atoms in total. The summed E-state index contributed by atoms with van der Waals surface area (Å²) in [5, 5.41) is 0. The Balaban J connectivity index is 1.86. The second kappa shape index (κ2) is 9.82. The van der Waals surface area contributed by atoms with Crippen LogP contribution in [0, 0.1) is 0 Å². The fourth-order valence-corrected chi connectivity index (χ4v) is 5.20. The summed E-state index contributed by atoms with van der Waals surface area (Å²) in [4.78, 5) is 43.5. The van der Waals surface area contributed by atoms with Crippen LogP contribution in [0.25, 0.3) is 6.08 Å². The number of methoxy groups -OCH3 is 1. The summed E-state index contributed by atoms with van der Waals surface area (Å²) in [7, 11) is 1.32. The number of hydrogen-bond acceptors (Lipinski definition) is 8. The van der Waals surface area contributed by atoms with E-state index < -0.39 is 18.0 Å². The number of allylic oxidation sites excluding steroid dienone is 1. The Bertz CT molecular complexity index is 1470. The van der Waals surface area contributed by atoms with Gasteiger partial charge in [-0.1, -0.05) is 35.6 Å². The average molecular weight is 495 g/mol. The molecule has 2 aromatic carbocycles. The van der Waals surface area contributed by atoms with Crippen LogP contribution < -0.4 is 19.6 Å². The van der Waals surface area contributed by atoms with Crippen LogP contribution in [0.1, 0.15) is 31.0 Å². The van der Waals surface area contributed by atoms with Gasteiger partial charge in [-0.05, 0) is 54.6 Å². The van der Waals surface area contributed by atoms with Gasteiger partial charge in [0.05, 0.1) is 29.0 Å². The summed E-state index contributed by atoms with van der Waals surface area (Å²) in [6.45, 7) is 3.09. The first-order valence-corrected chi connectivity index (χ1v) is 12.4. The van der Waals surface area contributed by atoms with Crippen LogP contribution in [0.15, 0.2) is 74.5 Å². The molecule has 0 aliphatic carbocycles. The molecular formula is C25H22N2O5S2. The highest BCUT2D eigenvalue weighted by Crippen LogP contribution is 2.31. The molecule has 1 aliphatic heterocycles. The second-order valence-electron chi connectivity index (χ2n) is 7.51. The topological polar surface area (TPSA) is 87.0 Å². The Hall–Kier alpha value is -3.43. The lowest BCUT2D eigenvalue weighted by Crippen LogP contribution is -2.39. The number of fused-ring (bicyclic) bond motifs is 1. The van der Waals surface area contributed by atoms with E-state index >= 15 is 0 Å². The first kappa shape index (κ1) is 23.7. The number of thioether (sulfide) groups is 1. The standard InChI is InChI=1S/C25H22N2O5S2/c1-14-21(24(30)31-3)22(17-7-11-19(33-4)12-8-17)27-23(29)20(34-25(27)26-14)13-16-5-9-18(10-6-16)32-15(2)28/h5-13,22H,1-4H3/b20-13+. The van der Waals surface area contributed by atoms with Crippen LogP contribution in [0.2, 0.25) is 0 Å². The highest BCUT2D eigenvalue weighted by molar-refractivity contribution is 7.98. The van der Waals surface area contributed by atoms with E-state index in [1.54, 1.807) is 53.6 Å². The van der Waals surface area contributed by atoms with E-state index in [9.17, 15) is 14.4 Å². The minimum absolute atomic E-state index is 0.249. The first-order chi connectivity index (χ1) is 16.3. The predicted molar refractivity (Wildman–Crippen MR) is 132 cm³/mol. The van der Waals surface area contributed by atoms with Crippen molar-refractivity contribution in [3.8, 4) is 5.75 Å². The number of nitrogens with zero attached hydrogens (tertiary/aromatic N) is 2. The van der Waals surface area contributed by atoms with Gasteiger partial charge in [-0.3, -0.25) is 14.2 Å². The van der Waals surface area contributed by atoms with E-state index in [1.807, 2.05) is 30.5 Å². The van der Waals surface area contributed by atoms with Crippen molar-refractivity contribution in [3.05, 3.63) is 90.6 Å². The maximum atomic E-state index is 13.5. The molecule has 174 valence electrons. The summed E-state index contributed by atoms with van der Waals surface area (Å²) in [5.41, 5.74) is 2.17. The fourth-order valence-electron chi connectivity index (χ4n) is 3.74. The van der Waals surface area contributed by atoms with Gasteiger partial charge >= 0.3 is 11.9 Å². The van der Waals surface area contributed by atoms with Gasteiger partial charge in [-0.2, -0.15) is 0 Å². The monoisotopic (exact) mass is 494 g/mol. The van der Waals surface area contributed by atoms with Crippen LogP contribution in [-0.2, 0) is 14.3 Å². The van der Waals surface area contributed by atoms with Gasteiger partial charge in [0.1, 0.15) is 5.75 Å². The van der Waals surface area contributed by atoms with Gasteiger partial charge in [0, 0.05) is 11.8 Å². The number of aromatic nitrogens is 1. The molecule has 0 N–H and O–H groups in total. The second-order valence-corrected chi connectivity index (χ2v) is 9.40. The molecule has 0 amide bonds. The molecule has 0 fully saturated rings. The normalized spacial score (nSPS) is 15.5. The van der Waals surface area contributed by atoms with Crippen LogP contribution >= 0.6 is 23.1 Å². The van der Waals surface area contributed by atoms with E-state index in [0.717, 1.165) is 16.0 Å². The minimum Gasteiger partial charge on any atom is -0.466 e. The number of rotatable bonds is 5. The molecule has 1 atom stereocenters. The molecule has 34 heavy (non-hydrogen) atoms. The van der Waals surface area contributed by atoms with Crippen LogP contribution in [0.3, 0.4) is 0 Å².